The minimum atomic E-state index is -0.442. The summed E-state index contributed by atoms with van der Waals surface area (Å²) in [7, 11) is 0. The molecule has 3 nitrogen and oxygen atoms in total. The van der Waals surface area contributed by atoms with Gasteiger partial charge in [-0.2, -0.15) is 0 Å². The minimum Gasteiger partial charge on any atom is -0.312 e. The summed E-state index contributed by atoms with van der Waals surface area (Å²) in [5.74, 6) is 0.0956. The van der Waals surface area contributed by atoms with Gasteiger partial charge in [-0.25, -0.2) is 0 Å². The van der Waals surface area contributed by atoms with Crippen LogP contribution in [0, 0.1) is 11.3 Å². The van der Waals surface area contributed by atoms with Crippen LogP contribution in [0.4, 0.5) is 0 Å². The average molecular weight is 257 g/mol. The van der Waals surface area contributed by atoms with Crippen LogP contribution in [0.25, 0.3) is 0 Å². The van der Waals surface area contributed by atoms with Crippen molar-refractivity contribution in [3.63, 3.8) is 0 Å². The van der Waals surface area contributed by atoms with Gasteiger partial charge in [0, 0.05) is 18.6 Å². The molecule has 3 heteroatoms. The number of carbonyl (C=O) groups is 2. The molecule has 1 N–H and O–H groups in total. The number of carbonyl (C=O) groups excluding carboxylic acids is 2. The smallest absolute Gasteiger partial charge is 0.142 e. The standard InChI is InChI=1S/C16H19NO2/c1-11(18)15(10-17)13-7-5-12(6-8-13)9-14-3-2-4-16(14)19/h5-8,10,14-15,17H,2-4,9H2,1H3. The van der Waals surface area contributed by atoms with Crippen molar-refractivity contribution in [1.82, 2.24) is 0 Å². The van der Waals surface area contributed by atoms with Crippen LogP contribution >= 0.6 is 0 Å². The van der Waals surface area contributed by atoms with Crippen LogP contribution in [0.5, 0.6) is 0 Å². The lowest BCUT2D eigenvalue weighted by atomic mass is 9.92. The fourth-order valence-corrected chi connectivity index (χ4v) is 2.70. The quantitative estimate of drug-likeness (QED) is 0.824. The predicted octanol–water partition coefficient (Wildman–Crippen LogP) is 2.92. The molecule has 0 saturated heterocycles. The van der Waals surface area contributed by atoms with Gasteiger partial charge in [-0.1, -0.05) is 24.3 Å². The first-order chi connectivity index (χ1) is 9.11. The van der Waals surface area contributed by atoms with E-state index in [2.05, 4.69) is 0 Å². The average Bonchev–Trinajstić information content (AvgIpc) is 2.78. The van der Waals surface area contributed by atoms with Crippen molar-refractivity contribution in [3.05, 3.63) is 35.4 Å². The van der Waals surface area contributed by atoms with Crippen molar-refractivity contribution in [2.45, 2.75) is 38.5 Å². The molecule has 0 heterocycles. The third-order valence-electron chi connectivity index (χ3n) is 3.86. The molecule has 2 rings (SSSR count). The van der Waals surface area contributed by atoms with Crippen LogP contribution in [-0.2, 0) is 16.0 Å². The lowest BCUT2D eigenvalue weighted by Crippen LogP contribution is -2.11. The van der Waals surface area contributed by atoms with Crippen LogP contribution in [-0.4, -0.2) is 17.8 Å². The molecular weight excluding hydrogens is 238 g/mol. The Morgan fingerprint density at radius 3 is 2.58 bits per heavy atom. The van der Waals surface area contributed by atoms with Crippen LogP contribution in [0.1, 0.15) is 43.2 Å². The Morgan fingerprint density at radius 2 is 2.11 bits per heavy atom. The topological polar surface area (TPSA) is 58.0 Å². The normalized spacial score (nSPS) is 20.3. The first-order valence-electron chi connectivity index (χ1n) is 6.74. The molecule has 0 aromatic heterocycles. The first kappa shape index (κ1) is 13.7. The summed E-state index contributed by atoms with van der Waals surface area (Å²) in [6.45, 7) is 1.50. The van der Waals surface area contributed by atoms with Gasteiger partial charge in [-0.05, 0) is 37.3 Å². The monoisotopic (exact) mass is 257 g/mol. The summed E-state index contributed by atoms with van der Waals surface area (Å²) in [6, 6.07) is 7.73. The maximum absolute atomic E-state index is 11.6. The van der Waals surface area contributed by atoms with E-state index in [-0.39, 0.29) is 11.7 Å². The molecule has 0 amide bonds. The van der Waals surface area contributed by atoms with Crippen LogP contribution in [0.3, 0.4) is 0 Å². The van der Waals surface area contributed by atoms with Crippen LogP contribution < -0.4 is 0 Å². The maximum Gasteiger partial charge on any atom is 0.142 e. The molecule has 1 saturated carbocycles. The van der Waals surface area contributed by atoms with E-state index in [9.17, 15) is 9.59 Å². The van der Waals surface area contributed by atoms with Gasteiger partial charge >= 0.3 is 0 Å². The van der Waals surface area contributed by atoms with Crippen LogP contribution in [0.15, 0.2) is 24.3 Å². The molecule has 1 aromatic carbocycles. The van der Waals surface area contributed by atoms with Gasteiger partial charge in [0.1, 0.15) is 11.6 Å². The molecule has 0 aliphatic heterocycles. The molecule has 0 spiro atoms. The van der Waals surface area contributed by atoms with Crippen molar-refractivity contribution in [3.8, 4) is 0 Å². The molecule has 100 valence electrons. The van der Waals surface area contributed by atoms with Crippen molar-refractivity contribution in [1.29, 1.82) is 5.41 Å². The second kappa shape index (κ2) is 5.91. The van der Waals surface area contributed by atoms with Gasteiger partial charge in [0.25, 0.3) is 0 Å². The van der Waals surface area contributed by atoms with E-state index in [1.54, 1.807) is 0 Å². The fraction of sp³-hybridized carbons (Fsp3) is 0.438. The zero-order chi connectivity index (χ0) is 13.8. The molecule has 1 aliphatic rings. The summed E-state index contributed by atoms with van der Waals surface area (Å²) in [4.78, 5) is 23.0. The maximum atomic E-state index is 11.6. The molecule has 19 heavy (non-hydrogen) atoms. The highest BCUT2D eigenvalue weighted by Gasteiger charge is 2.24. The Bertz CT molecular complexity index is 490. The molecular formula is C16H19NO2. The third kappa shape index (κ3) is 3.16. The molecule has 2 unspecified atom stereocenters. The van der Waals surface area contributed by atoms with Crippen molar-refractivity contribution in [2.24, 2.45) is 5.92 Å². The minimum absolute atomic E-state index is 0.0197. The SMILES string of the molecule is CC(=O)C(C=N)c1ccc(CC2CCCC2=O)cc1. The van der Waals surface area contributed by atoms with Crippen molar-refractivity contribution >= 4 is 17.8 Å². The highest BCUT2D eigenvalue weighted by atomic mass is 16.1. The molecule has 1 aromatic rings. The largest absolute Gasteiger partial charge is 0.312 e. The lowest BCUT2D eigenvalue weighted by molar-refractivity contribution is -0.120. The summed E-state index contributed by atoms with van der Waals surface area (Å²) in [5, 5.41) is 7.30. The van der Waals surface area contributed by atoms with Gasteiger partial charge in [0.05, 0.1) is 5.92 Å². The number of rotatable bonds is 5. The Labute approximate surface area is 113 Å². The Kier molecular flexibility index (Phi) is 4.25. The molecule has 1 fully saturated rings. The van der Waals surface area contributed by atoms with Gasteiger partial charge in [0.15, 0.2) is 0 Å². The number of benzene rings is 1. The summed E-state index contributed by atoms with van der Waals surface area (Å²) in [5.41, 5.74) is 1.99. The second-order valence-electron chi connectivity index (χ2n) is 5.26. The second-order valence-corrected chi connectivity index (χ2v) is 5.26. The van der Waals surface area contributed by atoms with E-state index in [4.69, 9.17) is 5.41 Å². The van der Waals surface area contributed by atoms with Crippen LogP contribution in [0.2, 0.25) is 0 Å². The zero-order valence-corrected chi connectivity index (χ0v) is 11.2. The fourth-order valence-electron chi connectivity index (χ4n) is 2.70. The molecule has 0 radical (unpaired) electrons. The third-order valence-corrected chi connectivity index (χ3v) is 3.86. The summed E-state index contributed by atoms with van der Waals surface area (Å²) < 4.78 is 0. The number of ketones is 2. The van der Waals surface area contributed by atoms with E-state index in [0.717, 1.165) is 36.8 Å². The summed E-state index contributed by atoms with van der Waals surface area (Å²) >= 11 is 0. The molecule has 2 atom stereocenters. The number of Topliss-reactive ketones (excluding diaryl/α,β-unsaturated/α-hetero) is 2. The molecule has 1 aliphatic carbocycles. The van der Waals surface area contributed by atoms with E-state index < -0.39 is 5.92 Å². The first-order valence-corrected chi connectivity index (χ1v) is 6.74. The summed E-state index contributed by atoms with van der Waals surface area (Å²) in [6.07, 6.45) is 4.72. The Hall–Kier alpha value is -1.77. The van der Waals surface area contributed by atoms with E-state index in [1.165, 1.54) is 13.1 Å². The van der Waals surface area contributed by atoms with E-state index >= 15 is 0 Å². The van der Waals surface area contributed by atoms with Gasteiger partial charge in [0.2, 0.25) is 0 Å². The number of hydrogen-bond donors (Lipinski definition) is 1. The Balaban J connectivity index is 2.07. The predicted molar refractivity (Wildman–Crippen MR) is 74.7 cm³/mol. The zero-order valence-electron chi connectivity index (χ0n) is 11.2. The highest BCUT2D eigenvalue weighted by Crippen LogP contribution is 2.25. The van der Waals surface area contributed by atoms with Crippen molar-refractivity contribution in [2.75, 3.05) is 0 Å². The number of nitrogens with one attached hydrogen (secondary N) is 1. The van der Waals surface area contributed by atoms with Gasteiger partial charge in [-0.3, -0.25) is 9.59 Å². The van der Waals surface area contributed by atoms with E-state index in [0.29, 0.717) is 5.78 Å². The van der Waals surface area contributed by atoms with Gasteiger partial charge < -0.3 is 5.41 Å². The lowest BCUT2D eigenvalue weighted by Gasteiger charge is -2.11. The van der Waals surface area contributed by atoms with E-state index in [1.807, 2.05) is 24.3 Å². The number of hydrogen-bond acceptors (Lipinski definition) is 3. The van der Waals surface area contributed by atoms with Gasteiger partial charge in [-0.15, -0.1) is 0 Å². The van der Waals surface area contributed by atoms with Crippen molar-refractivity contribution < 1.29 is 9.59 Å². The Morgan fingerprint density at radius 1 is 1.42 bits per heavy atom. The highest BCUT2D eigenvalue weighted by molar-refractivity contribution is 5.98. The molecule has 0 bridgehead atoms.